The quantitative estimate of drug-likeness (QED) is 0.685. The molecular formula is C12H19N. The highest BCUT2D eigenvalue weighted by Gasteiger charge is 2.05. The maximum atomic E-state index is 2.34. The second kappa shape index (κ2) is 4.31. The van der Waals surface area contributed by atoms with E-state index in [9.17, 15) is 0 Å². The highest BCUT2D eigenvalue weighted by atomic mass is 15.1. The summed E-state index contributed by atoms with van der Waals surface area (Å²) in [6.45, 7) is 7.69. The molecule has 0 aromatic heterocycles. The first-order chi connectivity index (χ1) is 6.16. The number of hydrogen-bond acceptors (Lipinski definition) is 1. The number of rotatable bonds is 3. The van der Waals surface area contributed by atoms with Gasteiger partial charge in [0.1, 0.15) is 0 Å². The smallest absolute Gasteiger partial charge is 0.0423 e. The van der Waals surface area contributed by atoms with Crippen LogP contribution in [0.4, 0.5) is 5.69 Å². The minimum Gasteiger partial charge on any atom is -0.374 e. The molecule has 1 aromatic carbocycles. The predicted molar refractivity (Wildman–Crippen MR) is 59.5 cm³/mol. The lowest BCUT2D eigenvalue weighted by atomic mass is 10.1. The van der Waals surface area contributed by atoms with Crippen LogP contribution in [0.25, 0.3) is 0 Å². The summed E-state index contributed by atoms with van der Waals surface area (Å²) in [6, 6.07) is 6.47. The van der Waals surface area contributed by atoms with Gasteiger partial charge in [-0.1, -0.05) is 25.1 Å². The predicted octanol–water partition coefficient (Wildman–Crippen LogP) is 3.15. The zero-order valence-electron chi connectivity index (χ0n) is 9.09. The molecule has 0 saturated heterocycles. The number of hydrogen-bond donors (Lipinski definition) is 0. The van der Waals surface area contributed by atoms with Crippen LogP contribution in [0.1, 0.15) is 24.5 Å². The number of aryl methyl sites for hydroxylation is 2. The SMILES string of the molecule is CCCN(C)c1c(C)cccc1C. The maximum Gasteiger partial charge on any atom is 0.0423 e. The van der Waals surface area contributed by atoms with Gasteiger partial charge in [-0.15, -0.1) is 0 Å². The summed E-state index contributed by atoms with van der Waals surface area (Å²) < 4.78 is 0. The van der Waals surface area contributed by atoms with E-state index in [2.05, 4.69) is 50.9 Å². The molecule has 0 saturated carbocycles. The molecule has 0 bridgehead atoms. The summed E-state index contributed by atoms with van der Waals surface area (Å²) in [5.74, 6) is 0. The third-order valence-electron chi connectivity index (χ3n) is 2.38. The fraction of sp³-hybridized carbons (Fsp3) is 0.500. The van der Waals surface area contributed by atoms with E-state index in [1.165, 1.54) is 23.2 Å². The van der Waals surface area contributed by atoms with Crippen LogP contribution in [0, 0.1) is 13.8 Å². The highest BCUT2D eigenvalue weighted by molar-refractivity contribution is 5.58. The summed E-state index contributed by atoms with van der Waals surface area (Å²) in [6.07, 6.45) is 1.20. The molecular weight excluding hydrogens is 158 g/mol. The first-order valence-corrected chi connectivity index (χ1v) is 4.94. The van der Waals surface area contributed by atoms with Crippen LogP contribution in [0.3, 0.4) is 0 Å². The summed E-state index contributed by atoms with van der Waals surface area (Å²) in [5, 5.41) is 0. The van der Waals surface area contributed by atoms with Crippen LogP contribution in [-0.4, -0.2) is 13.6 Å². The summed E-state index contributed by atoms with van der Waals surface area (Å²) in [4.78, 5) is 2.34. The lowest BCUT2D eigenvalue weighted by Gasteiger charge is -2.22. The van der Waals surface area contributed by atoms with Crippen molar-refractivity contribution in [2.75, 3.05) is 18.5 Å². The molecule has 0 fully saturated rings. The highest BCUT2D eigenvalue weighted by Crippen LogP contribution is 2.23. The van der Waals surface area contributed by atoms with E-state index in [0.717, 1.165) is 6.54 Å². The Balaban J connectivity index is 2.98. The molecule has 0 N–H and O–H groups in total. The van der Waals surface area contributed by atoms with E-state index in [0.29, 0.717) is 0 Å². The van der Waals surface area contributed by atoms with Gasteiger partial charge in [0.2, 0.25) is 0 Å². The van der Waals surface area contributed by atoms with Crippen LogP contribution < -0.4 is 4.90 Å². The number of anilines is 1. The molecule has 0 heterocycles. The van der Waals surface area contributed by atoms with Gasteiger partial charge < -0.3 is 4.90 Å². The van der Waals surface area contributed by atoms with Crippen molar-refractivity contribution in [1.82, 2.24) is 0 Å². The zero-order chi connectivity index (χ0) is 9.84. The Labute approximate surface area is 81.4 Å². The minimum atomic E-state index is 1.13. The molecule has 0 unspecified atom stereocenters. The van der Waals surface area contributed by atoms with Gasteiger partial charge in [0.05, 0.1) is 0 Å². The van der Waals surface area contributed by atoms with Gasteiger partial charge >= 0.3 is 0 Å². The molecule has 0 amide bonds. The second-order valence-electron chi connectivity index (χ2n) is 3.66. The topological polar surface area (TPSA) is 3.24 Å². The van der Waals surface area contributed by atoms with Crippen molar-refractivity contribution < 1.29 is 0 Å². The Morgan fingerprint density at radius 3 is 2.15 bits per heavy atom. The molecule has 1 aromatic rings. The number of nitrogens with zero attached hydrogens (tertiary/aromatic N) is 1. The van der Waals surface area contributed by atoms with Gasteiger partial charge in [-0.2, -0.15) is 0 Å². The molecule has 0 radical (unpaired) electrons. The third-order valence-corrected chi connectivity index (χ3v) is 2.38. The average Bonchev–Trinajstić information content (AvgIpc) is 2.04. The van der Waals surface area contributed by atoms with Crippen LogP contribution in [0.5, 0.6) is 0 Å². The van der Waals surface area contributed by atoms with Crippen molar-refractivity contribution in [1.29, 1.82) is 0 Å². The van der Waals surface area contributed by atoms with Crippen LogP contribution in [-0.2, 0) is 0 Å². The zero-order valence-corrected chi connectivity index (χ0v) is 9.09. The molecule has 0 aliphatic carbocycles. The molecule has 1 heteroatoms. The van der Waals surface area contributed by atoms with Crippen molar-refractivity contribution in [3.63, 3.8) is 0 Å². The van der Waals surface area contributed by atoms with Crippen molar-refractivity contribution in [3.05, 3.63) is 29.3 Å². The van der Waals surface area contributed by atoms with E-state index < -0.39 is 0 Å². The fourth-order valence-electron chi connectivity index (χ4n) is 1.85. The van der Waals surface area contributed by atoms with Gasteiger partial charge in [-0.05, 0) is 31.4 Å². The Morgan fingerprint density at radius 1 is 1.15 bits per heavy atom. The van der Waals surface area contributed by atoms with Crippen molar-refractivity contribution in [3.8, 4) is 0 Å². The summed E-state index contributed by atoms with van der Waals surface area (Å²) >= 11 is 0. The largest absolute Gasteiger partial charge is 0.374 e. The first-order valence-electron chi connectivity index (χ1n) is 4.94. The van der Waals surface area contributed by atoms with Crippen molar-refractivity contribution in [2.45, 2.75) is 27.2 Å². The van der Waals surface area contributed by atoms with Gasteiger partial charge in [-0.25, -0.2) is 0 Å². The van der Waals surface area contributed by atoms with Gasteiger partial charge in [0, 0.05) is 19.3 Å². The van der Waals surface area contributed by atoms with Crippen molar-refractivity contribution in [2.24, 2.45) is 0 Å². The molecule has 0 aliphatic rings. The Hall–Kier alpha value is -0.980. The number of para-hydroxylation sites is 1. The Kier molecular flexibility index (Phi) is 3.35. The molecule has 1 rings (SSSR count). The molecule has 1 nitrogen and oxygen atoms in total. The van der Waals surface area contributed by atoms with Crippen LogP contribution >= 0.6 is 0 Å². The monoisotopic (exact) mass is 177 g/mol. The molecule has 72 valence electrons. The molecule has 0 spiro atoms. The van der Waals surface area contributed by atoms with Gasteiger partial charge in [-0.3, -0.25) is 0 Å². The fourth-order valence-corrected chi connectivity index (χ4v) is 1.85. The van der Waals surface area contributed by atoms with E-state index in [4.69, 9.17) is 0 Å². The Bertz CT molecular complexity index is 258. The molecule has 0 atom stereocenters. The number of benzene rings is 1. The Morgan fingerprint density at radius 2 is 1.69 bits per heavy atom. The van der Waals surface area contributed by atoms with Crippen LogP contribution in [0.15, 0.2) is 18.2 Å². The summed E-state index contributed by atoms with van der Waals surface area (Å²) in [7, 11) is 2.17. The van der Waals surface area contributed by atoms with Gasteiger partial charge in [0.25, 0.3) is 0 Å². The van der Waals surface area contributed by atoms with E-state index >= 15 is 0 Å². The lowest BCUT2D eigenvalue weighted by Crippen LogP contribution is -2.19. The normalized spacial score (nSPS) is 10.2. The maximum absolute atomic E-state index is 2.34. The first kappa shape index (κ1) is 10.1. The molecule has 13 heavy (non-hydrogen) atoms. The van der Waals surface area contributed by atoms with E-state index in [1.54, 1.807) is 0 Å². The van der Waals surface area contributed by atoms with Crippen LogP contribution in [0.2, 0.25) is 0 Å². The van der Waals surface area contributed by atoms with Gasteiger partial charge in [0.15, 0.2) is 0 Å². The lowest BCUT2D eigenvalue weighted by molar-refractivity contribution is 0.846. The molecule has 0 aliphatic heterocycles. The standard InChI is InChI=1S/C12H19N/c1-5-9-13(4)12-10(2)7-6-8-11(12)3/h6-8H,5,9H2,1-4H3. The minimum absolute atomic E-state index is 1.13. The third kappa shape index (κ3) is 2.24. The van der Waals surface area contributed by atoms with E-state index in [-0.39, 0.29) is 0 Å². The second-order valence-corrected chi connectivity index (χ2v) is 3.66. The summed E-state index contributed by atoms with van der Waals surface area (Å²) in [5.41, 5.74) is 4.14. The van der Waals surface area contributed by atoms with E-state index in [1.807, 2.05) is 0 Å². The van der Waals surface area contributed by atoms with Crippen molar-refractivity contribution >= 4 is 5.69 Å². The average molecular weight is 177 g/mol.